The lowest BCUT2D eigenvalue weighted by atomic mass is 10.0. The molecule has 1 aliphatic heterocycles. The summed E-state index contributed by atoms with van der Waals surface area (Å²) < 4.78 is 16.3. The van der Waals surface area contributed by atoms with Crippen molar-refractivity contribution in [1.82, 2.24) is 10.2 Å². The molecule has 7 heteroatoms. The van der Waals surface area contributed by atoms with Crippen molar-refractivity contribution in [3.05, 3.63) is 59.7 Å². The van der Waals surface area contributed by atoms with Crippen molar-refractivity contribution in [1.29, 1.82) is 0 Å². The number of rotatable bonds is 8. The van der Waals surface area contributed by atoms with E-state index in [0.717, 1.165) is 24.3 Å². The summed E-state index contributed by atoms with van der Waals surface area (Å²) >= 11 is 0. The first-order chi connectivity index (χ1) is 13.7. The zero-order valence-electron chi connectivity index (χ0n) is 16.9. The number of amides is 1. The molecule has 2 aromatic rings. The molecule has 0 aliphatic carbocycles. The number of halogens is 1. The molecule has 1 atom stereocenters. The summed E-state index contributed by atoms with van der Waals surface area (Å²) in [4.78, 5) is 15.2. The van der Waals surface area contributed by atoms with Crippen LogP contribution in [0.2, 0.25) is 0 Å². The maximum Gasteiger partial charge on any atom is 0.254 e. The lowest BCUT2D eigenvalue weighted by Crippen LogP contribution is -2.48. The zero-order chi connectivity index (χ0) is 19.8. The second kappa shape index (κ2) is 11.7. The average molecular weight is 421 g/mol. The molecule has 29 heavy (non-hydrogen) atoms. The van der Waals surface area contributed by atoms with Crippen LogP contribution >= 0.6 is 12.4 Å². The second-order valence-electron chi connectivity index (χ2n) is 6.68. The zero-order valence-corrected chi connectivity index (χ0v) is 17.7. The predicted octanol–water partition coefficient (Wildman–Crippen LogP) is 3.32. The van der Waals surface area contributed by atoms with E-state index in [0.29, 0.717) is 37.6 Å². The van der Waals surface area contributed by atoms with Crippen LogP contribution in [-0.2, 0) is 4.74 Å². The SMILES string of the molecule is COCCCOc1cccc(C(=O)N2CCNCC2c2ccccc2OC)c1.Cl. The number of nitrogens with zero attached hydrogens (tertiary/aromatic N) is 1. The Morgan fingerprint density at radius 3 is 2.76 bits per heavy atom. The van der Waals surface area contributed by atoms with E-state index in [9.17, 15) is 4.79 Å². The summed E-state index contributed by atoms with van der Waals surface area (Å²) in [6, 6.07) is 15.2. The monoisotopic (exact) mass is 420 g/mol. The number of benzene rings is 2. The number of methoxy groups -OCH3 is 2. The Hall–Kier alpha value is -2.28. The van der Waals surface area contributed by atoms with E-state index in [4.69, 9.17) is 14.2 Å². The fraction of sp³-hybridized carbons (Fsp3) is 0.409. The van der Waals surface area contributed by atoms with Crippen molar-refractivity contribution in [2.75, 3.05) is 47.1 Å². The summed E-state index contributed by atoms with van der Waals surface area (Å²) in [5.74, 6) is 1.50. The highest BCUT2D eigenvalue weighted by Gasteiger charge is 2.30. The Bertz CT molecular complexity index is 787. The molecule has 1 amide bonds. The number of hydrogen-bond donors (Lipinski definition) is 1. The van der Waals surface area contributed by atoms with Crippen molar-refractivity contribution in [3.8, 4) is 11.5 Å². The van der Waals surface area contributed by atoms with Crippen LogP contribution in [0.15, 0.2) is 48.5 Å². The third-order valence-corrected chi connectivity index (χ3v) is 4.84. The van der Waals surface area contributed by atoms with E-state index in [2.05, 4.69) is 5.32 Å². The molecule has 2 aromatic carbocycles. The van der Waals surface area contributed by atoms with Gasteiger partial charge in [-0.15, -0.1) is 12.4 Å². The normalized spacial score (nSPS) is 16.1. The van der Waals surface area contributed by atoms with Crippen molar-refractivity contribution in [2.45, 2.75) is 12.5 Å². The van der Waals surface area contributed by atoms with Gasteiger partial charge in [-0.2, -0.15) is 0 Å². The van der Waals surface area contributed by atoms with Crippen LogP contribution < -0.4 is 14.8 Å². The Morgan fingerprint density at radius 2 is 1.97 bits per heavy atom. The average Bonchev–Trinajstić information content (AvgIpc) is 2.76. The third-order valence-electron chi connectivity index (χ3n) is 4.84. The first kappa shape index (κ1) is 23.0. The van der Waals surface area contributed by atoms with Crippen LogP contribution in [0.5, 0.6) is 11.5 Å². The molecular weight excluding hydrogens is 392 g/mol. The van der Waals surface area contributed by atoms with Gasteiger partial charge in [0, 0.05) is 50.9 Å². The van der Waals surface area contributed by atoms with E-state index < -0.39 is 0 Å². The smallest absolute Gasteiger partial charge is 0.254 e. The van der Waals surface area contributed by atoms with Crippen molar-refractivity contribution >= 4 is 18.3 Å². The lowest BCUT2D eigenvalue weighted by molar-refractivity contribution is 0.0631. The molecule has 6 nitrogen and oxygen atoms in total. The van der Waals surface area contributed by atoms with Crippen LogP contribution in [0, 0.1) is 0 Å². The molecule has 0 radical (unpaired) electrons. The highest BCUT2D eigenvalue weighted by Crippen LogP contribution is 2.31. The number of carbonyl (C=O) groups excluding carboxylic acids is 1. The second-order valence-corrected chi connectivity index (χ2v) is 6.68. The summed E-state index contributed by atoms with van der Waals surface area (Å²) in [5, 5.41) is 3.39. The first-order valence-corrected chi connectivity index (χ1v) is 9.61. The molecule has 0 spiro atoms. The molecule has 0 saturated carbocycles. The number of nitrogens with one attached hydrogen (secondary N) is 1. The van der Waals surface area contributed by atoms with Gasteiger partial charge in [-0.25, -0.2) is 0 Å². The van der Waals surface area contributed by atoms with Gasteiger partial charge in [0.1, 0.15) is 11.5 Å². The molecular formula is C22H29ClN2O4. The Morgan fingerprint density at radius 1 is 1.14 bits per heavy atom. The maximum atomic E-state index is 13.3. The van der Waals surface area contributed by atoms with Crippen LogP contribution in [-0.4, -0.2) is 57.9 Å². The van der Waals surface area contributed by atoms with Crippen molar-refractivity contribution in [2.24, 2.45) is 0 Å². The predicted molar refractivity (Wildman–Crippen MR) is 115 cm³/mol. The minimum absolute atomic E-state index is 0. The van der Waals surface area contributed by atoms with Crippen molar-refractivity contribution in [3.63, 3.8) is 0 Å². The third kappa shape index (κ3) is 5.85. The molecule has 1 heterocycles. The molecule has 1 N–H and O–H groups in total. The minimum atomic E-state index is -0.0799. The summed E-state index contributed by atoms with van der Waals surface area (Å²) in [6.45, 7) is 3.31. The Balaban J connectivity index is 0.00000300. The minimum Gasteiger partial charge on any atom is -0.496 e. The van der Waals surface area contributed by atoms with Crippen LogP contribution in [0.1, 0.15) is 28.4 Å². The van der Waals surface area contributed by atoms with Gasteiger partial charge in [-0.1, -0.05) is 24.3 Å². The van der Waals surface area contributed by atoms with E-state index >= 15 is 0 Å². The standard InChI is InChI=1S/C22H28N2O4.ClH/c1-26-13-6-14-28-18-8-5-7-17(15-18)22(25)24-12-11-23-16-20(24)19-9-3-4-10-21(19)27-2;/h3-5,7-10,15,20,23H,6,11-14,16H2,1-2H3;1H. The highest BCUT2D eigenvalue weighted by atomic mass is 35.5. The van der Waals surface area contributed by atoms with Crippen LogP contribution in [0.25, 0.3) is 0 Å². The number of piperazine rings is 1. The van der Waals surface area contributed by atoms with Crippen LogP contribution in [0.3, 0.4) is 0 Å². The van der Waals surface area contributed by atoms with Gasteiger partial charge in [-0.05, 0) is 24.3 Å². The molecule has 3 rings (SSSR count). The summed E-state index contributed by atoms with van der Waals surface area (Å²) in [7, 11) is 3.33. The van der Waals surface area contributed by atoms with E-state index in [1.807, 2.05) is 53.4 Å². The van der Waals surface area contributed by atoms with Gasteiger partial charge in [0.15, 0.2) is 0 Å². The topological polar surface area (TPSA) is 60.0 Å². The van der Waals surface area contributed by atoms with Gasteiger partial charge in [0.05, 0.1) is 19.8 Å². The Labute approximate surface area is 178 Å². The first-order valence-electron chi connectivity index (χ1n) is 9.61. The quantitative estimate of drug-likeness (QED) is 0.664. The summed E-state index contributed by atoms with van der Waals surface area (Å²) in [5.41, 5.74) is 1.64. The van der Waals surface area contributed by atoms with E-state index in [1.54, 1.807) is 14.2 Å². The largest absolute Gasteiger partial charge is 0.496 e. The van der Waals surface area contributed by atoms with Crippen molar-refractivity contribution < 1.29 is 19.0 Å². The number of carbonyl (C=O) groups is 1. The van der Waals surface area contributed by atoms with Gasteiger partial charge in [-0.3, -0.25) is 4.79 Å². The van der Waals surface area contributed by atoms with Gasteiger partial charge >= 0.3 is 0 Å². The van der Waals surface area contributed by atoms with Gasteiger partial charge < -0.3 is 24.4 Å². The fourth-order valence-electron chi connectivity index (χ4n) is 3.44. The lowest BCUT2D eigenvalue weighted by Gasteiger charge is -2.37. The molecule has 1 saturated heterocycles. The molecule has 158 valence electrons. The molecule has 0 aromatic heterocycles. The number of hydrogen-bond acceptors (Lipinski definition) is 5. The van der Waals surface area contributed by atoms with Gasteiger partial charge in [0.25, 0.3) is 5.91 Å². The number of para-hydroxylation sites is 1. The molecule has 0 bridgehead atoms. The highest BCUT2D eigenvalue weighted by molar-refractivity contribution is 5.95. The molecule has 1 fully saturated rings. The molecule has 1 aliphatic rings. The summed E-state index contributed by atoms with van der Waals surface area (Å²) in [6.07, 6.45) is 0.808. The van der Waals surface area contributed by atoms with E-state index in [1.165, 1.54) is 0 Å². The fourth-order valence-corrected chi connectivity index (χ4v) is 3.44. The van der Waals surface area contributed by atoms with Gasteiger partial charge in [0.2, 0.25) is 0 Å². The Kier molecular flexibility index (Phi) is 9.25. The molecule has 1 unspecified atom stereocenters. The maximum absolute atomic E-state index is 13.3. The van der Waals surface area contributed by atoms with E-state index in [-0.39, 0.29) is 24.4 Å². The van der Waals surface area contributed by atoms with Crippen LogP contribution in [0.4, 0.5) is 0 Å². The number of ether oxygens (including phenoxy) is 3.